The molecule has 1 aliphatic heterocycles. The van der Waals surface area contributed by atoms with Gasteiger partial charge in [-0.2, -0.15) is 5.10 Å². The highest BCUT2D eigenvalue weighted by Gasteiger charge is 2.21. The maximum Gasteiger partial charge on any atom is 0.116 e. The largest absolute Gasteiger partial charge is 0.372 e. The van der Waals surface area contributed by atoms with Gasteiger partial charge in [0.15, 0.2) is 0 Å². The molecule has 2 heterocycles. The van der Waals surface area contributed by atoms with Crippen LogP contribution in [-0.2, 0) is 6.42 Å². The summed E-state index contributed by atoms with van der Waals surface area (Å²) in [6, 6.07) is 10.2. The fourth-order valence-corrected chi connectivity index (χ4v) is 2.22. The van der Waals surface area contributed by atoms with Gasteiger partial charge in [0, 0.05) is 19.2 Å². The van der Waals surface area contributed by atoms with Gasteiger partial charge in [-0.25, -0.2) is 0 Å². The number of hydrogen-bond acceptors (Lipinski definition) is 3. The number of likely N-dealkylation sites (N-methyl/N-ethyl adjacent to an activating group) is 1. The monoisotopic (exact) mass is 211 g/mol. The summed E-state index contributed by atoms with van der Waals surface area (Å²) in [7, 11) is 2.11. The first-order chi connectivity index (χ1) is 7.86. The van der Waals surface area contributed by atoms with Crippen LogP contribution in [0.5, 0.6) is 0 Å². The third kappa shape index (κ3) is 1.36. The number of aromatic nitrogens is 2. The molecule has 0 unspecified atom stereocenters. The fourth-order valence-electron chi connectivity index (χ4n) is 2.22. The Morgan fingerprint density at radius 3 is 2.81 bits per heavy atom. The summed E-state index contributed by atoms with van der Waals surface area (Å²) in [5.74, 6) is 0. The zero-order valence-corrected chi connectivity index (χ0v) is 9.22. The van der Waals surface area contributed by atoms with Crippen molar-refractivity contribution in [1.82, 2.24) is 10.2 Å². The van der Waals surface area contributed by atoms with E-state index >= 15 is 0 Å². The van der Waals surface area contributed by atoms with E-state index in [1.54, 1.807) is 0 Å². The van der Waals surface area contributed by atoms with Gasteiger partial charge in [-0.05, 0) is 12.0 Å². The molecule has 0 atom stereocenters. The second-order valence-electron chi connectivity index (χ2n) is 4.10. The summed E-state index contributed by atoms with van der Waals surface area (Å²) < 4.78 is 0. The van der Waals surface area contributed by atoms with Crippen LogP contribution in [0.3, 0.4) is 0 Å². The molecule has 0 aliphatic carbocycles. The predicted octanol–water partition coefficient (Wildman–Crippen LogP) is 2.14. The van der Waals surface area contributed by atoms with Crippen molar-refractivity contribution in [3.8, 4) is 11.3 Å². The van der Waals surface area contributed by atoms with E-state index in [2.05, 4.69) is 34.3 Å². The smallest absolute Gasteiger partial charge is 0.116 e. The Bertz CT molecular complexity index is 508. The molecule has 0 amide bonds. The average Bonchev–Trinajstić information content (AvgIpc) is 2.73. The molecule has 0 radical (unpaired) electrons. The summed E-state index contributed by atoms with van der Waals surface area (Å²) in [5, 5.41) is 8.37. The maximum absolute atomic E-state index is 4.28. The SMILES string of the molecule is CN1CCc2cnnc(-c3ccccc3)c21. The van der Waals surface area contributed by atoms with Crippen molar-refractivity contribution in [3.63, 3.8) is 0 Å². The molecule has 1 aromatic heterocycles. The van der Waals surface area contributed by atoms with E-state index in [0.717, 1.165) is 24.2 Å². The highest BCUT2D eigenvalue weighted by Crippen LogP contribution is 2.34. The Balaban J connectivity index is 2.20. The van der Waals surface area contributed by atoms with Gasteiger partial charge >= 0.3 is 0 Å². The summed E-state index contributed by atoms with van der Waals surface area (Å²) in [6.07, 6.45) is 2.95. The van der Waals surface area contributed by atoms with E-state index in [0.29, 0.717) is 0 Å². The first-order valence-electron chi connectivity index (χ1n) is 5.47. The van der Waals surface area contributed by atoms with Crippen molar-refractivity contribution in [2.24, 2.45) is 0 Å². The third-order valence-corrected chi connectivity index (χ3v) is 3.05. The first-order valence-corrected chi connectivity index (χ1v) is 5.47. The normalized spacial score (nSPS) is 13.9. The number of fused-ring (bicyclic) bond motifs is 1. The van der Waals surface area contributed by atoms with Gasteiger partial charge in [-0.3, -0.25) is 0 Å². The molecule has 0 saturated heterocycles. The van der Waals surface area contributed by atoms with Gasteiger partial charge in [0.2, 0.25) is 0 Å². The highest BCUT2D eigenvalue weighted by molar-refractivity contribution is 5.78. The van der Waals surface area contributed by atoms with Gasteiger partial charge in [-0.15, -0.1) is 5.10 Å². The minimum absolute atomic E-state index is 0.998. The molecule has 3 nitrogen and oxygen atoms in total. The van der Waals surface area contributed by atoms with E-state index in [4.69, 9.17) is 0 Å². The Morgan fingerprint density at radius 1 is 1.19 bits per heavy atom. The van der Waals surface area contributed by atoms with Crippen LogP contribution in [0.1, 0.15) is 5.56 Å². The van der Waals surface area contributed by atoms with Crippen LogP contribution in [0.25, 0.3) is 11.3 Å². The van der Waals surface area contributed by atoms with Crippen molar-refractivity contribution in [1.29, 1.82) is 0 Å². The molecule has 0 bridgehead atoms. The van der Waals surface area contributed by atoms with Gasteiger partial charge in [-0.1, -0.05) is 30.3 Å². The maximum atomic E-state index is 4.28. The predicted molar refractivity (Wildman–Crippen MR) is 64.4 cm³/mol. The molecule has 80 valence electrons. The van der Waals surface area contributed by atoms with E-state index in [9.17, 15) is 0 Å². The molecule has 0 spiro atoms. The van der Waals surface area contributed by atoms with E-state index in [1.165, 1.54) is 11.3 Å². The molecule has 3 rings (SSSR count). The lowest BCUT2D eigenvalue weighted by atomic mass is 10.1. The minimum Gasteiger partial charge on any atom is -0.372 e. The molecular weight excluding hydrogens is 198 g/mol. The minimum atomic E-state index is 0.998. The quantitative estimate of drug-likeness (QED) is 0.723. The second kappa shape index (κ2) is 3.59. The van der Waals surface area contributed by atoms with Gasteiger partial charge in [0.25, 0.3) is 0 Å². The second-order valence-corrected chi connectivity index (χ2v) is 4.10. The molecular formula is C13H13N3. The lowest BCUT2D eigenvalue weighted by molar-refractivity contribution is 0.955. The van der Waals surface area contributed by atoms with E-state index < -0.39 is 0 Å². The Morgan fingerprint density at radius 2 is 2.00 bits per heavy atom. The van der Waals surface area contributed by atoms with Crippen LogP contribution in [0.4, 0.5) is 5.69 Å². The zero-order chi connectivity index (χ0) is 11.0. The van der Waals surface area contributed by atoms with Crippen LogP contribution >= 0.6 is 0 Å². The average molecular weight is 211 g/mol. The molecule has 0 N–H and O–H groups in total. The van der Waals surface area contributed by atoms with Gasteiger partial charge in [0.1, 0.15) is 5.69 Å². The van der Waals surface area contributed by atoms with Crippen molar-refractivity contribution < 1.29 is 0 Å². The lowest BCUT2D eigenvalue weighted by Gasteiger charge is -2.15. The standard InChI is InChI=1S/C13H13N3/c1-16-8-7-11-9-14-15-12(13(11)16)10-5-3-2-4-6-10/h2-6,9H,7-8H2,1H3. The summed E-state index contributed by atoms with van der Waals surface area (Å²) in [6.45, 7) is 1.06. The summed E-state index contributed by atoms with van der Waals surface area (Å²) in [5.41, 5.74) is 4.68. The molecule has 2 aromatic rings. The Labute approximate surface area is 94.7 Å². The van der Waals surface area contributed by atoms with Crippen LogP contribution in [0.15, 0.2) is 36.5 Å². The van der Waals surface area contributed by atoms with Crippen LogP contribution in [-0.4, -0.2) is 23.8 Å². The fraction of sp³-hybridized carbons (Fsp3) is 0.231. The van der Waals surface area contributed by atoms with Crippen molar-refractivity contribution in [3.05, 3.63) is 42.1 Å². The Hall–Kier alpha value is -1.90. The zero-order valence-electron chi connectivity index (χ0n) is 9.22. The Kier molecular flexibility index (Phi) is 2.10. The molecule has 1 aromatic carbocycles. The topological polar surface area (TPSA) is 29.0 Å². The van der Waals surface area contributed by atoms with Crippen molar-refractivity contribution in [2.45, 2.75) is 6.42 Å². The third-order valence-electron chi connectivity index (χ3n) is 3.05. The molecule has 3 heteroatoms. The number of nitrogens with zero attached hydrogens (tertiary/aromatic N) is 3. The molecule has 16 heavy (non-hydrogen) atoms. The number of benzene rings is 1. The van der Waals surface area contributed by atoms with Crippen molar-refractivity contribution in [2.75, 3.05) is 18.5 Å². The number of anilines is 1. The number of hydrogen-bond donors (Lipinski definition) is 0. The van der Waals surface area contributed by atoms with Gasteiger partial charge in [0.05, 0.1) is 11.9 Å². The summed E-state index contributed by atoms with van der Waals surface area (Å²) in [4.78, 5) is 2.26. The summed E-state index contributed by atoms with van der Waals surface area (Å²) >= 11 is 0. The molecule has 0 saturated carbocycles. The number of rotatable bonds is 1. The van der Waals surface area contributed by atoms with Crippen LogP contribution in [0, 0.1) is 0 Å². The van der Waals surface area contributed by atoms with Crippen LogP contribution < -0.4 is 4.90 Å². The van der Waals surface area contributed by atoms with Crippen LogP contribution in [0.2, 0.25) is 0 Å². The highest BCUT2D eigenvalue weighted by atomic mass is 15.2. The van der Waals surface area contributed by atoms with E-state index in [-0.39, 0.29) is 0 Å². The lowest BCUT2D eigenvalue weighted by Crippen LogP contribution is -2.14. The van der Waals surface area contributed by atoms with E-state index in [1.807, 2.05) is 24.4 Å². The first kappa shape index (κ1) is 9.33. The molecule has 0 fully saturated rings. The van der Waals surface area contributed by atoms with Gasteiger partial charge < -0.3 is 4.90 Å². The van der Waals surface area contributed by atoms with Crippen molar-refractivity contribution >= 4 is 5.69 Å². The molecule has 1 aliphatic rings.